The molecule has 1 aromatic rings. The fourth-order valence-electron chi connectivity index (χ4n) is 5.15. The van der Waals surface area contributed by atoms with Crippen LogP contribution in [0.3, 0.4) is 0 Å². The third kappa shape index (κ3) is 15.6. The smallest absolute Gasteiger partial charge is 0.457 e. The molecule has 0 spiro atoms. The minimum absolute atomic E-state index is 0.0367. The number of carbonyl (C=O) groups is 5. The molecule has 0 fully saturated rings. The summed E-state index contributed by atoms with van der Waals surface area (Å²) in [5.41, 5.74) is 0.498. The van der Waals surface area contributed by atoms with E-state index in [-0.39, 0.29) is 18.6 Å². The zero-order valence-corrected chi connectivity index (χ0v) is 34.4. The highest BCUT2D eigenvalue weighted by Gasteiger charge is 2.48. The Morgan fingerprint density at radius 3 is 2.06 bits per heavy atom. The van der Waals surface area contributed by atoms with E-state index in [2.05, 4.69) is 4.98 Å². The highest BCUT2D eigenvalue weighted by Crippen LogP contribution is 2.36. The fourth-order valence-corrected chi connectivity index (χ4v) is 6.05. The Kier molecular flexibility index (Phi) is 17.3. The normalized spacial score (nSPS) is 25.7. The zero-order valence-electron chi connectivity index (χ0n) is 29.1. The molecule has 0 radical (unpaired) electrons. The molecule has 2 rings (SSSR count). The van der Waals surface area contributed by atoms with Gasteiger partial charge in [-0.1, -0.05) is 95.1 Å². The van der Waals surface area contributed by atoms with Gasteiger partial charge in [0, 0.05) is 18.2 Å². The Morgan fingerprint density at radius 2 is 1.53 bits per heavy atom. The maximum atomic E-state index is 14.3. The number of carbonyl (C=O) groups excluding carboxylic acids is 5. The number of allylic oxidation sites excluding steroid dienone is 1. The number of cyclic esters (lactones) is 1. The summed E-state index contributed by atoms with van der Waals surface area (Å²) in [4.78, 5) is 71.4. The minimum atomic E-state index is -1.98. The van der Waals surface area contributed by atoms with Gasteiger partial charge in [-0.05, 0) is 52.7 Å². The number of ketones is 2. The average molecular weight is 856 g/mol. The standard InChI is InChI=1S/C33H41Cl6NO10S/c1-17-8-10-23(41)19(3)27(50-30(45)47-16-33(37,38)39)20(4)28(43)31(6,7)25(49-29(44)46-15-32(34,35)36)13-26(42)48-24(11-9-17)18(2)12-22-14-51-21(5)40-22/h9,12,14,19-20,24-25,27H,8,10-11,13,15-16H2,1-7H3/b17-9-,18-12+/t19-,20+,24-,25-,27-/m0/s1. The molecule has 1 aromatic heterocycles. The summed E-state index contributed by atoms with van der Waals surface area (Å²) in [7, 11) is 0. The van der Waals surface area contributed by atoms with Crippen LogP contribution >= 0.6 is 80.9 Å². The molecule has 0 bridgehead atoms. The van der Waals surface area contributed by atoms with Crippen molar-refractivity contribution in [3.63, 3.8) is 0 Å². The Balaban J connectivity index is 2.59. The van der Waals surface area contributed by atoms with Gasteiger partial charge < -0.3 is 23.7 Å². The number of hydrogen-bond donors (Lipinski definition) is 0. The van der Waals surface area contributed by atoms with E-state index in [4.69, 9.17) is 93.3 Å². The van der Waals surface area contributed by atoms with Gasteiger partial charge in [-0.2, -0.15) is 0 Å². The van der Waals surface area contributed by atoms with Crippen molar-refractivity contribution >= 4 is 117 Å². The molecule has 0 saturated carbocycles. The molecule has 1 aliphatic heterocycles. The van der Waals surface area contributed by atoms with Crippen LogP contribution in [-0.4, -0.2) is 73.9 Å². The van der Waals surface area contributed by atoms with Crippen molar-refractivity contribution in [2.45, 2.75) is 100 Å². The van der Waals surface area contributed by atoms with E-state index in [0.29, 0.717) is 17.7 Å². The van der Waals surface area contributed by atoms with E-state index < -0.39 is 86.8 Å². The maximum Gasteiger partial charge on any atom is 0.508 e. The number of ether oxygens (including phenoxy) is 5. The molecule has 0 N–H and O–H groups in total. The van der Waals surface area contributed by atoms with E-state index >= 15 is 0 Å². The molecule has 51 heavy (non-hydrogen) atoms. The lowest BCUT2D eigenvalue weighted by Gasteiger charge is -2.37. The molecular formula is C33H41Cl6NO10S. The number of Topliss-reactive ketones (excluding diaryl/α,β-unsaturated/α-hetero) is 2. The summed E-state index contributed by atoms with van der Waals surface area (Å²) >= 11 is 35.7. The van der Waals surface area contributed by atoms with Crippen molar-refractivity contribution in [2.24, 2.45) is 17.3 Å². The number of hydrogen-bond acceptors (Lipinski definition) is 12. The van der Waals surface area contributed by atoms with E-state index in [1.54, 1.807) is 13.0 Å². The molecule has 5 atom stereocenters. The number of rotatable bonds is 6. The second kappa shape index (κ2) is 19.5. The number of aromatic nitrogens is 1. The highest BCUT2D eigenvalue weighted by atomic mass is 35.6. The molecular weight excluding hydrogens is 815 g/mol. The van der Waals surface area contributed by atoms with E-state index in [1.165, 1.54) is 39.0 Å². The molecule has 0 aliphatic carbocycles. The van der Waals surface area contributed by atoms with Crippen LogP contribution in [0.4, 0.5) is 9.59 Å². The summed E-state index contributed by atoms with van der Waals surface area (Å²) < 4.78 is 22.9. The van der Waals surface area contributed by atoms with Crippen LogP contribution < -0.4 is 0 Å². The summed E-state index contributed by atoms with van der Waals surface area (Å²) in [5.74, 6) is -4.00. The van der Waals surface area contributed by atoms with Gasteiger partial charge in [0.15, 0.2) is 0 Å². The predicted molar refractivity (Wildman–Crippen MR) is 198 cm³/mol. The van der Waals surface area contributed by atoms with Crippen LogP contribution in [-0.2, 0) is 38.1 Å². The van der Waals surface area contributed by atoms with Gasteiger partial charge in [-0.3, -0.25) is 14.4 Å². The van der Waals surface area contributed by atoms with Crippen molar-refractivity contribution in [1.29, 1.82) is 0 Å². The van der Waals surface area contributed by atoms with Crippen LogP contribution in [0.1, 0.15) is 77.9 Å². The quantitative estimate of drug-likeness (QED) is 0.117. The molecule has 0 amide bonds. The first-order chi connectivity index (χ1) is 23.4. The summed E-state index contributed by atoms with van der Waals surface area (Å²) in [5, 5.41) is 2.72. The Bertz CT molecular complexity index is 1480. The molecule has 0 aromatic carbocycles. The molecule has 18 heteroatoms. The third-order valence-electron chi connectivity index (χ3n) is 8.12. The summed E-state index contributed by atoms with van der Waals surface area (Å²) in [6.45, 7) is 9.88. The Labute approximate surface area is 331 Å². The van der Waals surface area contributed by atoms with Crippen molar-refractivity contribution in [3.05, 3.63) is 33.3 Å². The van der Waals surface area contributed by atoms with Crippen molar-refractivity contribution < 1.29 is 47.7 Å². The topological polar surface area (TPSA) is 144 Å². The lowest BCUT2D eigenvalue weighted by atomic mass is 9.72. The van der Waals surface area contributed by atoms with Gasteiger partial charge in [0.05, 0.1) is 34.4 Å². The lowest BCUT2D eigenvalue weighted by molar-refractivity contribution is -0.155. The first kappa shape index (κ1) is 45.4. The van der Waals surface area contributed by atoms with Crippen molar-refractivity contribution in [2.75, 3.05) is 13.2 Å². The fraction of sp³-hybridized carbons (Fsp3) is 0.636. The van der Waals surface area contributed by atoms with Gasteiger partial charge in [0.1, 0.15) is 43.1 Å². The molecule has 286 valence electrons. The van der Waals surface area contributed by atoms with Gasteiger partial charge >= 0.3 is 18.3 Å². The van der Waals surface area contributed by atoms with Gasteiger partial charge in [0.25, 0.3) is 0 Å². The summed E-state index contributed by atoms with van der Waals surface area (Å²) in [6.07, 6.45) is -2.63. The lowest BCUT2D eigenvalue weighted by Crippen LogP contribution is -2.49. The minimum Gasteiger partial charge on any atom is -0.457 e. The molecule has 0 saturated heterocycles. The number of thiazole rings is 1. The van der Waals surface area contributed by atoms with E-state index in [1.807, 2.05) is 25.3 Å². The van der Waals surface area contributed by atoms with Crippen molar-refractivity contribution in [1.82, 2.24) is 4.98 Å². The Hall–Kier alpha value is -1.80. The first-order valence-corrected chi connectivity index (χ1v) is 18.9. The number of nitrogens with zero attached hydrogens (tertiary/aromatic N) is 1. The molecule has 1 aliphatic rings. The third-order valence-corrected chi connectivity index (χ3v) is 9.56. The molecule has 0 unspecified atom stereocenters. The second-order valence-corrected chi connectivity index (χ2v) is 18.9. The largest absolute Gasteiger partial charge is 0.508 e. The maximum absolute atomic E-state index is 14.3. The van der Waals surface area contributed by atoms with Gasteiger partial charge in [-0.15, -0.1) is 11.3 Å². The van der Waals surface area contributed by atoms with Gasteiger partial charge in [0.2, 0.25) is 7.59 Å². The zero-order chi connectivity index (χ0) is 38.9. The highest BCUT2D eigenvalue weighted by molar-refractivity contribution is 7.09. The van der Waals surface area contributed by atoms with Crippen molar-refractivity contribution in [3.8, 4) is 0 Å². The molecule has 11 nitrogen and oxygen atoms in total. The number of esters is 1. The summed E-state index contributed by atoms with van der Waals surface area (Å²) in [6, 6.07) is 0. The van der Waals surface area contributed by atoms with E-state index in [0.717, 1.165) is 10.6 Å². The van der Waals surface area contributed by atoms with Crippen LogP contribution in [0.5, 0.6) is 0 Å². The van der Waals surface area contributed by atoms with Crippen LogP contribution in [0.2, 0.25) is 0 Å². The van der Waals surface area contributed by atoms with E-state index in [9.17, 15) is 24.0 Å². The van der Waals surface area contributed by atoms with Crippen LogP contribution in [0, 0.1) is 24.2 Å². The van der Waals surface area contributed by atoms with Crippen LogP contribution in [0.25, 0.3) is 6.08 Å². The number of alkyl halides is 6. The van der Waals surface area contributed by atoms with Crippen LogP contribution in [0.15, 0.2) is 22.6 Å². The SMILES string of the molecule is C/C1=C/C[C@@H](/C(C)=C/c2csc(C)n2)OC(=O)C[C@H](OC(=O)OCC(Cl)(Cl)Cl)C(C)(C)C(=O)[C@H](C)[C@@H](OC(=O)OCC(Cl)(Cl)Cl)[C@@H](C)C(=O)CC1. The number of aryl methyl sites for hydroxylation is 1. The van der Waals surface area contributed by atoms with Gasteiger partial charge in [-0.25, -0.2) is 14.6 Å². The monoisotopic (exact) mass is 853 g/mol. The first-order valence-electron chi connectivity index (χ1n) is 15.7. The average Bonchev–Trinajstić information content (AvgIpc) is 3.43. The molecule has 2 heterocycles. The number of halogens is 6. The second-order valence-electron chi connectivity index (χ2n) is 12.8. The Morgan fingerprint density at radius 1 is 0.961 bits per heavy atom. The predicted octanol–water partition coefficient (Wildman–Crippen LogP) is 9.51.